The summed E-state index contributed by atoms with van der Waals surface area (Å²) in [5.74, 6) is 2.12. The molecule has 0 aromatic heterocycles. The van der Waals surface area contributed by atoms with Crippen LogP contribution in [0, 0.1) is 44.6 Å². The number of amides is 1. The lowest BCUT2D eigenvalue weighted by Crippen LogP contribution is -2.62. The first-order valence-corrected chi connectivity index (χ1v) is 12.7. The zero-order valence-corrected chi connectivity index (χ0v) is 20.7. The van der Waals surface area contributed by atoms with Crippen molar-refractivity contribution in [3.63, 3.8) is 0 Å². The summed E-state index contributed by atoms with van der Waals surface area (Å²) in [5, 5.41) is 10.9. The van der Waals surface area contributed by atoms with Gasteiger partial charge in [-0.15, -0.1) is 0 Å². The first kappa shape index (κ1) is 23.3. The number of hydrogen-bond acceptors (Lipinski definition) is 5. The van der Waals surface area contributed by atoms with Gasteiger partial charge in [-0.1, -0.05) is 20.8 Å². The molecule has 4 aliphatic rings. The largest absolute Gasteiger partial charge is 0.459 e. The van der Waals surface area contributed by atoms with Crippen molar-refractivity contribution in [2.45, 2.75) is 77.9 Å². The maximum absolute atomic E-state index is 12.8. The number of non-ortho nitro benzene ring substituents is 1. The second kappa shape index (κ2) is 8.06. The molecule has 8 atom stereocenters. The molecule has 3 saturated carbocycles. The topological polar surface area (TPSA) is 89.8 Å². The molecule has 1 aromatic carbocycles. The Balaban J connectivity index is 1.33. The van der Waals surface area contributed by atoms with Crippen molar-refractivity contribution >= 4 is 17.6 Å². The molecule has 7 heteroatoms. The standard InChI is InChI=1S/C27H36N2O5/c1-16-13-22-27(3,12-10-23(30)28(22)4)20-9-11-26(2)15-19(14-21(26)24(16)20)34-25(31)17-5-7-18(8-6-17)29(32)33/h5-8,16,19-22,24H,9-15H2,1-4H3/t16?,19-,20?,21?,22?,24?,26-,27-/m1/s1. The number of nitro groups is 1. The van der Waals surface area contributed by atoms with Gasteiger partial charge in [0.05, 0.1) is 10.5 Å². The fraction of sp³-hybridized carbons (Fsp3) is 0.704. The summed E-state index contributed by atoms with van der Waals surface area (Å²) in [4.78, 5) is 37.7. The van der Waals surface area contributed by atoms with Crippen LogP contribution in [0.5, 0.6) is 0 Å². The van der Waals surface area contributed by atoms with E-state index >= 15 is 0 Å². The Bertz CT molecular complexity index is 1010. The first-order chi connectivity index (χ1) is 16.0. The Kier molecular flexibility index (Phi) is 5.53. The summed E-state index contributed by atoms with van der Waals surface area (Å²) < 4.78 is 5.97. The highest BCUT2D eigenvalue weighted by molar-refractivity contribution is 5.89. The third kappa shape index (κ3) is 3.54. The van der Waals surface area contributed by atoms with Crippen LogP contribution in [0.15, 0.2) is 24.3 Å². The molecule has 34 heavy (non-hydrogen) atoms. The minimum atomic E-state index is -0.468. The van der Waals surface area contributed by atoms with E-state index in [2.05, 4.69) is 20.8 Å². The molecular weight excluding hydrogens is 432 g/mol. The van der Waals surface area contributed by atoms with Gasteiger partial charge in [-0.2, -0.15) is 0 Å². The summed E-state index contributed by atoms with van der Waals surface area (Å²) in [5.41, 5.74) is 0.652. The Morgan fingerprint density at radius 3 is 2.53 bits per heavy atom. The molecule has 5 rings (SSSR count). The van der Waals surface area contributed by atoms with Crippen LogP contribution in [0.1, 0.15) is 76.1 Å². The van der Waals surface area contributed by atoms with Gasteiger partial charge >= 0.3 is 5.97 Å². The fourth-order valence-electron chi connectivity index (χ4n) is 8.49. The number of nitro benzene ring substituents is 1. The number of ether oxygens (including phenoxy) is 1. The lowest BCUT2D eigenvalue weighted by atomic mass is 9.45. The predicted octanol–water partition coefficient (Wildman–Crippen LogP) is 5.23. The molecule has 5 unspecified atom stereocenters. The van der Waals surface area contributed by atoms with E-state index in [1.54, 1.807) is 0 Å². The summed E-state index contributed by atoms with van der Waals surface area (Å²) in [6.45, 7) is 7.17. The fourth-order valence-corrected chi connectivity index (χ4v) is 8.49. The van der Waals surface area contributed by atoms with E-state index in [4.69, 9.17) is 4.74 Å². The molecule has 1 amide bonds. The van der Waals surface area contributed by atoms with E-state index in [-0.39, 0.29) is 28.5 Å². The Labute approximate surface area is 201 Å². The second-order valence-electron chi connectivity index (χ2n) is 12.0. The van der Waals surface area contributed by atoms with Gasteiger partial charge in [0.2, 0.25) is 5.91 Å². The molecule has 1 heterocycles. The number of nitrogens with zero attached hydrogens (tertiary/aromatic N) is 2. The zero-order valence-electron chi connectivity index (χ0n) is 20.7. The number of carbonyl (C=O) groups excluding carboxylic acids is 2. The molecule has 7 nitrogen and oxygen atoms in total. The van der Waals surface area contributed by atoms with Gasteiger partial charge < -0.3 is 9.64 Å². The number of fused-ring (bicyclic) bond motifs is 5. The van der Waals surface area contributed by atoms with E-state index in [0.29, 0.717) is 41.7 Å². The maximum atomic E-state index is 12.8. The minimum Gasteiger partial charge on any atom is -0.459 e. The van der Waals surface area contributed by atoms with Crippen molar-refractivity contribution in [1.82, 2.24) is 4.90 Å². The molecular formula is C27H36N2O5. The van der Waals surface area contributed by atoms with E-state index in [1.165, 1.54) is 30.7 Å². The molecule has 4 fully saturated rings. The highest BCUT2D eigenvalue weighted by Gasteiger charge is 2.62. The van der Waals surface area contributed by atoms with Crippen LogP contribution in [-0.4, -0.2) is 40.9 Å². The van der Waals surface area contributed by atoms with E-state index in [1.807, 2.05) is 11.9 Å². The van der Waals surface area contributed by atoms with E-state index in [9.17, 15) is 19.7 Å². The van der Waals surface area contributed by atoms with Gasteiger partial charge in [-0.05, 0) is 85.2 Å². The third-order valence-corrected chi connectivity index (χ3v) is 10.2. The average Bonchev–Trinajstić information content (AvgIpc) is 3.14. The van der Waals surface area contributed by atoms with Crippen molar-refractivity contribution in [1.29, 1.82) is 0 Å². The molecule has 1 saturated heterocycles. The quantitative estimate of drug-likeness (QED) is 0.344. The van der Waals surface area contributed by atoms with Gasteiger partial charge in [0, 0.05) is 31.6 Å². The molecule has 1 aromatic rings. The monoisotopic (exact) mass is 468 g/mol. The molecule has 0 N–H and O–H groups in total. The predicted molar refractivity (Wildman–Crippen MR) is 127 cm³/mol. The van der Waals surface area contributed by atoms with Crippen molar-refractivity contribution in [3.8, 4) is 0 Å². The average molecular weight is 469 g/mol. The Morgan fingerprint density at radius 2 is 1.85 bits per heavy atom. The van der Waals surface area contributed by atoms with E-state index in [0.717, 1.165) is 32.1 Å². The number of rotatable bonds is 3. The van der Waals surface area contributed by atoms with Crippen LogP contribution in [0.25, 0.3) is 0 Å². The Hall–Kier alpha value is -2.44. The van der Waals surface area contributed by atoms with E-state index < -0.39 is 10.9 Å². The SMILES string of the molecule is CC1CC2N(C)C(=O)CC[C@]2(C)C2CC[C@]3(C)C[C@H](OC(=O)c4ccc([N+](=O)[O-])cc4)CC3C12. The lowest BCUT2D eigenvalue weighted by molar-refractivity contribution is -0.384. The highest BCUT2D eigenvalue weighted by Crippen LogP contribution is 2.66. The second-order valence-corrected chi connectivity index (χ2v) is 12.0. The molecule has 0 bridgehead atoms. The summed E-state index contributed by atoms with van der Waals surface area (Å²) in [6, 6.07) is 5.98. The van der Waals surface area contributed by atoms with Crippen molar-refractivity contribution < 1.29 is 19.2 Å². The van der Waals surface area contributed by atoms with Gasteiger partial charge in [0.15, 0.2) is 0 Å². The van der Waals surface area contributed by atoms with Crippen LogP contribution >= 0.6 is 0 Å². The highest BCUT2D eigenvalue weighted by atomic mass is 16.6. The number of carbonyl (C=O) groups is 2. The van der Waals surface area contributed by atoms with Gasteiger partial charge in [0.1, 0.15) is 6.10 Å². The molecule has 0 spiro atoms. The summed E-state index contributed by atoms with van der Waals surface area (Å²) >= 11 is 0. The molecule has 1 aliphatic heterocycles. The van der Waals surface area contributed by atoms with Gasteiger partial charge in [-0.3, -0.25) is 14.9 Å². The number of hydrogen-bond donors (Lipinski definition) is 0. The lowest BCUT2D eigenvalue weighted by Gasteiger charge is -2.63. The molecule has 0 radical (unpaired) electrons. The van der Waals surface area contributed by atoms with Gasteiger partial charge in [0.25, 0.3) is 5.69 Å². The van der Waals surface area contributed by atoms with Crippen LogP contribution in [0.4, 0.5) is 5.69 Å². The third-order valence-electron chi connectivity index (χ3n) is 10.2. The van der Waals surface area contributed by atoms with Crippen LogP contribution < -0.4 is 0 Å². The number of benzene rings is 1. The first-order valence-electron chi connectivity index (χ1n) is 12.7. The number of likely N-dealkylation sites (tertiary alicyclic amines) is 1. The zero-order chi connectivity index (χ0) is 24.4. The van der Waals surface area contributed by atoms with Crippen molar-refractivity contribution in [3.05, 3.63) is 39.9 Å². The number of esters is 1. The van der Waals surface area contributed by atoms with Crippen LogP contribution in [0.2, 0.25) is 0 Å². The summed E-state index contributed by atoms with van der Waals surface area (Å²) in [6.07, 6.45) is 6.65. The summed E-state index contributed by atoms with van der Waals surface area (Å²) in [7, 11) is 1.99. The normalized spacial score (nSPS) is 41.3. The molecule has 3 aliphatic carbocycles. The smallest absolute Gasteiger partial charge is 0.338 e. The molecule has 184 valence electrons. The maximum Gasteiger partial charge on any atom is 0.338 e. The number of piperidine rings is 1. The minimum absolute atomic E-state index is 0.0323. The van der Waals surface area contributed by atoms with Crippen LogP contribution in [0.3, 0.4) is 0 Å². The van der Waals surface area contributed by atoms with Gasteiger partial charge in [-0.25, -0.2) is 4.79 Å². The van der Waals surface area contributed by atoms with Crippen LogP contribution in [-0.2, 0) is 9.53 Å². The van der Waals surface area contributed by atoms with Crippen molar-refractivity contribution in [2.24, 2.45) is 34.5 Å². The van der Waals surface area contributed by atoms with Crippen molar-refractivity contribution in [2.75, 3.05) is 7.05 Å². The Morgan fingerprint density at radius 1 is 1.15 bits per heavy atom.